The lowest BCUT2D eigenvalue weighted by atomic mass is 10.1. The molecule has 0 fully saturated rings. The van der Waals surface area contributed by atoms with Crippen LogP contribution in [0.2, 0.25) is 20.1 Å². The zero-order valence-electron chi connectivity index (χ0n) is 18.7. The first kappa shape index (κ1) is 28.1. The van der Waals surface area contributed by atoms with E-state index in [0.29, 0.717) is 38.8 Å². The van der Waals surface area contributed by atoms with E-state index in [1.165, 1.54) is 11.8 Å². The van der Waals surface area contributed by atoms with Gasteiger partial charge in [-0.1, -0.05) is 78.8 Å². The van der Waals surface area contributed by atoms with Gasteiger partial charge in [-0.2, -0.15) is 0 Å². The molecule has 0 spiro atoms. The van der Waals surface area contributed by atoms with Gasteiger partial charge in [0, 0.05) is 38.9 Å². The van der Waals surface area contributed by atoms with Crippen LogP contribution in [0.5, 0.6) is 0 Å². The Hall–Kier alpha value is -1.11. The van der Waals surface area contributed by atoms with Gasteiger partial charge in [0.25, 0.3) is 0 Å². The molecule has 2 rings (SSSR count). The number of carbonyl (C=O) groups is 2. The third-order valence-electron chi connectivity index (χ3n) is 5.07. The van der Waals surface area contributed by atoms with E-state index in [9.17, 15) is 9.59 Å². The minimum Gasteiger partial charge on any atom is -0.354 e. The molecule has 0 aliphatic rings. The fourth-order valence-electron chi connectivity index (χ4n) is 3.23. The van der Waals surface area contributed by atoms with Crippen LogP contribution >= 0.6 is 58.2 Å². The van der Waals surface area contributed by atoms with E-state index in [1.54, 1.807) is 35.2 Å². The van der Waals surface area contributed by atoms with Crippen molar-refractivity contribution < 1.29 is 9.59 Å². The first-order valence-electron chi connectivity index (χ1n) is 10.8. The molecular weight excluding hydrogens is 522 g/mol. The molecule has 0 aliphatic heterocycles. The van der Waals surface area contributed by atoms with Gasteiger partial charge in [-0.25, -0.2) is 0 Å². The van der Waals surface area contributed by atoms with E-state index >= 15 is 0 Å². The second-order valence-corrected chi connectivity index (χ2v) is 10.2. The van der Waals surface area contributed by atoms with Crippen LogP contribution in [0.4, 0.5) is 0 Å². The van der Waals surface area contributed by atoms with Gasteiger partial charge in [-0.05, 0) is 48.2 Å². The lowest BCUT2D eigenvalue weighted by Gasteiger charge is -2.31. The smallest absolute Gasteiger partial charge is 0.242 e. The molecule has 2 aromatic rings. The third-order valence-corrected chi connectivity index (χ3v) is 7.21. The standard InChI is InChI=1S/C24H28Cl4N2O2S/c1-3-5-10-29-24(32)22(4-2)30(13-16-6-8-18(25)11-20(16)27)23(31)15-33-14-17-7-9-19(26)12-21(17)28/h6-9,11-12,22H,3-5,10,13-15H2,1-2H3,(H,29,32)/t22-/m1/s1. The molecule has 0 radical (unpaired) electrons. The van der Waals surface area contributed by atoms with Crippen molar-refractivity contribution >= 4 is 70.0 Å². The van der Waals surface area contributed by atoms with Gasteiger partial charge in [0.2, 0.25) is 11.8 Å². The molecule has 2 aromatic carbocycles. The zero-order chi connectivity index (χ0) is 24.4. The topological polar surface area (TPSA) is 49.4 Å². The number of hydrogen-bond donors (Lipinski definition) is 1. The highest BCUT2D eigenvalue weighted by atomic mass is 35.5. The van der Waals surface area contributed by atoms with Crippen molar-refractivity contribution in [2.24, 2.45) is 0 Å². The Bertz CT molecular complexity index is 958. The summed E-state index contributed by atoms with van der Waals surface area (Å²) in [6.45, 7) is 4.76. The number of hydrogen-bond acceptors (Lipinski definition) is 3. The van der Waals surface area contributed by atoms with Crippen molar-refractivity contribution in [3.63, 3.8) is 0 Å². The van der Waals surface area contributed by atoms with E-state index in [4.69, 9.17) is 46.4 Å². The van der Waals surface area contributed by atoms with Crippen molar-refractivity contribution in [1.82, 2.24) is 10.2 Å². The summed E-state index contributed by atoms with van der Waals surface area (Å²) >= 11 is 26.0. The molecule has 0 heterocycles. The molecule has 0 aliphatic carbocycles. The number of benzene rings is 2. The summed E-state index contributed by atoms with van der Waals surface area (Å²) in [5, 5.41) is 5.06. The molecule has 4 nitrogen and oxygen atoms in total. The number of nitrogens with one attached hydrogen (secondary N) is 1. The summed E-state index contributed by atoms with van der Waals surface area (Å²) < 4.78 is 0. The average molecular weight is 550 g/mol. The molecule has 1 atom stereocenters. The Labute approximate surface area is 220 Å². The van der Waals surface area contributed by atoms with Crippen LogP contribution in [0.15, 0.2) is 36.4 Å². The van der Waals surface area contributed by atoms with Crippen LogP contribution in [0.25, 0.3) is 0 Å². The maximum atomic E-state index is 13.3. The Morgan fingerprint density at radius 1 is 0.970 bits per heavy atom. The largest absolute Gasteiger partial charge is 0.354 e. The molecular formula is C24H28Cl4N2O2S. The molecule has 9 heteroatoms. The SMILES string of the molecule is CCCCNC(=O)[C@@H](CC)N(Cc1ccc(Cl)cc1Cl)C(=O)CSCc1ccc(Cl)cc1Cl. The summed E-state index contributed by atoms with van der Waals surface area (Å²) in [6.07, 6.45) is 2.35. The molecule has 2 amide bonds. The van der Waals surface area contributed by atoms with E-state index < -0.39 is 6.04 Å². The Kier molecular flexibility index (Phi) is 12.2. The number of amides is 2. The zero-order valence-corrected chi connectivity index (χ0v) is 22.5. The van der Waals surface area contributed by atoms with Crippen molar-refractivity contribution in [2.45, 2.75) is 51.4 Å². The number of carbonyl (C=O) groups excluding carboxylic acids is 2. The van der Waals surface area contributed by atoms with Crippen molar-refractivity contribution in [3.8, 4) is 0 Å². The maximum Gasteiger partial charge on any atom is 0.242 e. The monoisotopic (exact) mass is 548 g/mol. The predicted octanol–water partition coefficient (Wildman–Crippen LogP) is 7.26. The quantitative estimate of drug-likeness (QED) is 0.283. The fraction of sp³-hybridized carbons (Fsp3) is 0.417. The van der Waals surface area contributed by atoms with Gasteiger partial charge >= 0.3 is 0 Å². The maximum absolute atomic E-state index is 13.3. The van der Waals surface area contributed by atoms with Crippen LogP contribution < -0.4 is 5.32 Å². The first-order chi connectivity index (χ1) is 15.8. The van der Waals surface area contributed by atoms with Crippen LogP contribution in [0, 0.1) is 0 Å². The van der Waals surface area contributed by atoms with Crippen LogP contribution in [-0.2, 0) is 21.9 Å². The predicted molar refractivity (Wildman–Crippen MR) is 142 cm³/mol. The lowest BCUT2D eigenvalue weighted by molar-refractivity contribution is -0.139. The van der Waals surface area contributed by atoms with Gasteiger partial charge in [0.15, 0.2) is 0 Å². The number of nitrogens with zero attached hydrogens (tertiary/aromatic N) is 1. The molecule has 0 aromatic heterocycles. The summed E-state index contributed by atoms with van der Waals surface area (Å²) in [4.78, 5) is 27.8. The highest BCUT2D eigenvalue weighted by Gasteiger charge is 2.29. The van der Waals surface area contributed by atoms with Crippen LogP contribution in [-0.4, -0.2) is 35.1 Å². The van der Waals surface area contributed by atoms with Gasteiger partial charge in [0.1, 0.15) is 6.04 Å². The van der Waals surface area contributed by atoms with Crippen molar-refractivity contribution in [1.29, 1.82) is 0 Å². The van der Waals surface area contributed by atoms with Gasteiger partial charge in [-0.15, -0.1) is 11.8 Å². The van der Waals surface area contributed by atoms with Gasteiger partial charge in [0.05, 0.1) is 5.75 Å². The fourth-order valence-corrected chi connectivity index (χ4v) is 5.17. The number of unbranched alkanes of at least 4 members (excludes halogenated alkanes) is 1. The Balaban J connectivity index is 2.16. The summed E-state index contributed by atoms with van der Waals surface area (Å²) in [7, 11) is 0. The van der Waals surface area contributed by atoms with E-state index in [1.807, 2.05) is 13.0 Å². The third kappa shape index (κ3) is 8.88. The number of halogens is 4. The van der Waals surface area contributed by atoms with Gasteiger partial charge < -0.3 is 10.2 Å². The highest BCUT2D eigenvalue weighted by molar-refractivity contribution is 7.99. The van der Waals surface area contributed by atoms with Crippen LogP contribution in [0.1, 0.15) is 44.2 Å². The minimum absolute atomic E-state index is 0.145. The molecule has 0 bridgehead atoms. The molecule has 0 saturated heterocycles. The van der Waals surface area contributed by atoms with Crippen LogP contribution in [0.3, 0.4) is 0 Å². The summed E-state index contributed by atoms with van der Waals surface area (Å²) in [6, 6.07) is 9.86. The lowest BCUT2D eigenvalue weighted by Crippen LogP contribution is -2.49. The number of rotatable bonds is 12. The first-order valence-corrected chi connectivity index (χ1v) is 13.5. The molecule has 0 saturated carbocycles. The van der Waals surface area contributed by atoms with E-state index in [0.717, 1.165) is 24.0 Å². The van der Waals surface area contributed by atoms with Crippen molar-refractivity contribution in [2.75, 3.05) is 12.3 Å². The minimum atomic E-state index is -0.596. The van der Waals surface area contributed by atoms with Gasteiger partial charge in [-0.3, -0.25) is 9.59 Å². The Morgan fingerprint density at radius 3 is 2.12 bits per heavy atom. The molecule has 180 valence electrons. The summed E-state index contributed by atoms with van der Waals surface area (Å²) in [5.74, 6) is 0.448. The summed E-state index contributed by atoms with van der Waals surface area (Å²) in [5.41, 5.74) is 1.63. The average Bonchev–Trinajstić information content (AvgIpc) is 2.76. The Morgan fingerprint density at radius 2 is 1.58 bits per heavy atom. The molecule has 0 unspecified atom stereocenters. The molecule has 1 N–H and O–H groups in total. The highest BCUT2D eigenvalue weighted by Crippen LogP contribution is 2.27. The van der Waals surface area contributed by atoms with E-state index in [-0.39, 0.29) is 24.1 Å². The molecule has 33 heavy (non-hydrogen) atoms. The second kappa shape index (κ2) is 14.3. The second-order valence-electron chi connectivity index (χ2n) is 7.55. The normalized spacial score (nSPS) is 11.8. The number of thioether (sulfide) groups is 1. The van der Waals surface area contributed by atoms with E-state index in [2.05, 4.69) is 12.2 Å². The van der Waals surface area contributed by atoms with Crippen molar-refractivity contribution in [3.05, 3.63) is 67.6 Å².